The van der Waals surface area contributed by atoms with Gasteiger partial charge in [-0.25, -0.2) is 4.39 Å². The minimum absolute atomic E-state index is 0.291. The Morgan fingerprint density at radius 1 is 1.15 bits per heavy atom. The maximum Gasteiger partial charge on any atom is 0.255 e. The molecular formula is C21H26FN3O. The number of anilines is 2. The molecule has 1 heterocycles. The van der Waals surface area contributed by atoms with Gasteiger partial charge in [-0.05, 0) is 63.7 Å². The Kier molecular flexibility index (Phi) is 5.57. The van der Waals surface area contributed by atoms with E-state index in [0.29, 0.717) is 11.3 Å². The third-order valence-corrected chi connectivity index (χ3v) is 4.65. The molecule has 0 spiro atoms. The molecule has 0 unspecified atom stereocenters. The first-order valence-electron chi connectivity index (χ1n) is 9.04. The molecule has 0 saturated carbocycles. The lowest BCUT2D eigenvalue weighted by Gasteiger charge is -2.19. The maximum atomic E-state index is 14.5. The first kappa shape index (κ1) is 18.4. The highest BCUT2D eigenvalue weighted by Gasteiger charge is 2.18. The van der Waals surface area contributed by atoms with Crippen LogP contribution in [0, 0.1) is 12.7 Å². The first-order chi connectivity index (χ1) is 12.4. The molecular weight excluding hydrogens is 329 g/mol. The number of halogens is 1. The zero-order valence-electron chi connectivity index (χ0n) is 15.7. The second-order valence-electron chi connectivity index (χ2n) is 7.21. The van der Waals surface area contributed by atoms with Crippen LogP contribution in [0.4, 0.5) is 15.8 Å². The standard InChI is InChI=1S/C21H26FN3O/c1-15-6-8-19(17(12-15)14-24(2)3)23-21(26)16-7-9-20(18(22)13-16)25-10-4-5-11-25/h6-9,12-13H,4-5,10-11,14H2,1-3H3,(H,23,26). The Hall–Kier alpha value is -2.40. The quantitative estimate of drug-likeness (QED) is 0.879. The molecule has 1 N–H and O–H groups in total. The lowest BCUT2D eigenvalue weighted by Crippen LogP contribution is -2.20. The van der Waals surface area contributed by atoms with Crippen LogP contribution in [0.25, 0.3) is 0 Å². The van der Waals surface area contributed by atoms with E-state index in [1.807, 2.05) is 38.1 Å². The van der Waals surface area contributed by atoms with Gasteiger partial charge in [0.05, 0.1) is 5.69 Å². The van der Waals surface area contributed by atoms with Gasteiger partial charge in [-0.1, -0.05) is 17.7 Å². The first-order valence-corrected chi connectivity index (χ1v) is 9.04. The molecule has 0 aromatic heterocycles. The Bertz CT molecular complexity index is 798. The van der Waals surface area contributed by atoms with Crippen LogP contribution < -0.4 is 10.2 Å². The number of hydrogen-bond donors (Lipinski definition) is 1. The Morgan fingerprint density at radius 2 is 1.88 bits per heavy atom. The minimum atomic E-state index is -0.336. The lowest BCUT2D eigenvalue weighted by molar-refractivity contribution is 0.102. The van der Waals surface area contributed by atoms with Crippen molar-refractivity contribution in [3.8, 4) is 0 Å². The van der Waals surface area contributed by atoms with Crippen LogP contribution in [0.5, 0.6) is 0 Å². The molecule has 3 rings (SSSR count). The van der Waals surface area contributed by atoms with Crippen LogP contribution in [0.1, 0.15) is 34.3 Å². The van der Waals surface area contributed by atoms with Gasteiger partial charge in [0.2, 0.25) is 0 Å². The van der Waals surface area contributed by atoms with Crippen molar-refractivity contribution in [1.82, 2.24) is 4.90 Å². The molecule has 1 amide bonds. The molecule has 2 aromatic rings. The van der Waals surface area contributed by atoms with E-state index in [9.17, 15) is 9.18 Å². The average Bonchev–Trinajstić information content (AvgIpc) is 3.11. The summed E-state index contributed by atoms with van der Waals surface area (Å²) >= 11 is 0. The summed E-state index contributed by atoms with van der Waals surface area (Å²) in [5.74, 6) is -0.627. The molecule has 0 radical (unpaired) electrons. The molecule has 2 aromatic carbocycles. The molecule has 138 valence electrons. The number of aryl methyl sites for hydroxylation is 1. The number of carbonyl (C=O) groups excluding carboxylic acids is 1. The van der Waals surface area contributed by atoms with E-state index in [2.05, 4.69) is 16.3 Å². The van der Waals surface area contributed by atoms with Crippen molar-refractivity contribution in [3.05, 3.63) is 58.9 Å². The smallest absolute Gasteiger partial charge is 0.255 e. The highest BCUT2D eigenvalue weighted by atomic mass is 19.1. The number of hydrogen-bond acceptors (Lipinski definition) is 3. The van der Waals surface area contributed by atoms with E-state index >= 15 is 0 Å². The fourth-order valence-electron chi connectivity index (χ4n) is 3.37. The van der Waals surface area contributed by atoms with Crippen molar-refractivity contribution in [1.29, 1.82) is 0 Å². The zero-order chi connectivity index (χ0) is 18.7. The van der Waals surface area contributed by atoms with Crippen molar-refractivity contribution in [2.75, 3.05) is 37.4 Å². The zero-order valence-corrected chi connectivity index (χ0v) is 15.7. The molecule has 0 aliphatic carbocycles. The predicted molar refractivity (Wildman–Crippen MR) is 104 cm³/mol. The highest BCUT2D eigenvalue weighted by molar-refractivity contribution is 6.04. The van der Waals surface area contributed by atoms with Gasteiger partial charge in [0, 0.05) is 30.9 Å². The molecule has 1 aliphatic rings. The fraction of sp³-hybridized carbons (Fsp3) is 0.381. The van der Waals surface area contributed by atoms with Crippen molar-refractivity contribution in [3.63, 3.8) is 0 Å². The Labute approximate surface area is 154 Å². The van der Waals surface area contributed by atoms with Crippen molar-refractivity contribution < 1.29 is 9.18 Å². The van der Waals surface area contributed by atoms with Crippen LogP contribution in [-0.2, 0) is 6.54 Å². The second-order valence-corrected chi connectivity index (χ2v) is 7.21. The summed E-state index contributed by atoms with van der Waals surface area (Å²) in [6.45, 7) is 4.50. The largest absolute Gasteiger partial charge is 0.369 e. The number of benzene rings is 2. The summed E-state index contributed by atoms with van der Waals surface area (Å²) < 4.78 is 14.5. The molecule has 4 nitrogen and oxygen atoms in total. The van der Waals surface area contributed by atoms with Gasteiger partial charge in [0.25, 0.3) is 5.91 Å². The number of amides is 1. The molecule has 1 saturated heterocycles. The summed E-state index contributed by atoms with van der Waals surface area (Å²) in [5, 5.41) is 2.93. The normalized spacial score (nSPS) is 14.1. The molecule has 0 atom stereocenters. The second kappa shape index (κ2) is 7.87. The molecule has 0 bridgehead atoms. The van der Waals surface area contributed by atoms with E-state index in [1.165, 1.54) is 6.07 Å². The summed E-state index contributed by atoms with van der Waals surface area (Å²) in [6, 6.07) is 10.7. The van der Waals surface area contributed by atoms with Crippen LogP contribution in [0.3, 0.4) is 0 Å². The third-order valence-electron chi connectivity index (χ3n) is 4.65. The summed E-state index contributed by atoms with van der Waals surface area (Å²) in [7, 11) is 3.97. The molecule has 1 fully saturated rings. The highest BCUT2D eigenvalue weighted by Crippen LogP contribution is 2.25. The van der Waals surface area contributed by atoms with Gasteiger partial charge < -0.3 is 15.1 Å². The SMILES string of the molecule is Cc1ccc(NC(=O)c2ccc(N3CCCC3)c(F)c2)c(CN(C)C)c1. The summed E-state index contributed by atoms with van der Waals surface area (Å²) in [5.41, 5.74) is 3.86. The van der Waals surface area contributed by atoms with Crippen LogP contribution in [0.2, 0.25) is 0 Å². The van der Waals surface area contributed by atoms with Crippen LogP contribution >= 0.6 is 0 Å². The van der Waals surface area contributed by atoms with Gasteiger partial charge in [-0.3, -0.25) is 4.79 Å². The molecule has 26 heavy (non-hydrogen) atoms. The van der Waals surface area contributed by atoms with E-state index in [-0.39, 0.29) is 11.7 Å². The fourth-order valence-corrected chi connectivity index (χ4v) is 3.37. The minimum Gasteiger partial charge on any atom is -0.369 e. The van der Waals surface area contributed by atoms with Crippen molar-refractivity contribution in [2.24, 2.45) is 0 Å². The Balaban J connectivity index is 1.79. The topological polar surface area (TPSA) is 35.6 Å². The van der Waals surface area contributed by atoms with Crippen molar-refractivity contribution in [2.45, 2.75) is 26.3 Å². The van der Waals surface area contributed by atoms with Gasteiger partial charge in [-0.2, -0.15) is 0 Å². The van der Waals surface area contributed by atoms with E-state index in [1.54, 1.807) is 12.1 Å². The Morgan fingerprint density at radius 3 is 2.54 bits per heavy atom. The van der Waals surface area contributed by atoms with E-state index in [0.717, 1.165) is 49.3 Å². The van der Waals surface area contributed by atoms with Gasteiger partial charge in [-0.15, -0.1) is 0 Å². The van der Waals surface area contributed by atoms with Gasteiger partial charge >= 0.3 is 0 Å². The third kappa shape index (κ3) is 4.22. The molecule has 1 aliphatic heterocycles. The van der Waals surface area contributed by atoms with Gasteiger partial charge in [0.1, 0.15) is 5.82 Å². The van der Waals surface area contributed by atoms with E-state index < -0.39 is 0 Å². The lowest BCUT2D eigenvalue weighted by atomic mass is 10.1. The molecule has 5 heteroatoms. The monoisotopic (exact) mass is 355 g/mol. The summed E-state index contributed by atoms with van der Waals surface area (Å²) in [4.78, 5) is 16.7. The summed E-state index contributed by atoms with van der Waals surface area (Å²) in [6.07, 6.45) is 2.17. The van der Waals surface area contributed by atoms with Crippen LogP contribution in [0.15, 0.2) is 36.4 Å². The predicted octanol–water partition coefficient (Wildman–Crippen LogP) is 4.05. The number of nitrogens with one attached hydrogen (secondary N) is 1. The number of carbonyl (C=O) groups is 1. The number of rotatable bonds is 5. The van der Waals surface area contributed by atoms with Crippen molar-refractivity contribution >= 4 is 17.3 Å². The maximum absolute atomic E-state index is 14.5. The number of nitrogens with zero attached hydrogens (tertiary/aromatic N) is 2. The van der Waals surface area contributed by atoms with Crippen LogP contribution in [-0.4, -0.2) is 38.0 Å². The van der Waals surface area contributed by atoms with Gasteiger partial charge in [0.15, 0.2) is 0 Å². The van der Waals surface area contributed by atoms with E-state index in [4.69, 9.17) is 0 Å². The average molecular weight is 355 g/mol.